The number of hydrogen-bond acceptors (Lipinski definition) is 2. The highest BCUT2D eigenvalue weighted by atomic mass is 16.1. The van der Waals surface area contributed by atoms with Gasteiger partial charge in [-0.05, 0) is 19.1 Å². The lowest BCUT2D eigenvalue weighted by Gasteiger charge is -2.21. The molecule has 0 saturated carbocycles. The molecule has 1 heterocycles. The Kier molecular flexibility index (Phi) is 3.20. The third-order valence-electron chi connectivity index (χ3n) is 3.20. The Morgan fingerprint density at radius 1 is 1.11 bits per heavy atom. The van der Waals surface area contributed by atoms with E-state index in [-0.39, 0.29) is 17.1 Å². The van der Waals surface area contributed by atoms with E-state index < -0.39 is 0 Å². The van der Waals surface area contributed by atoms with Crippen molar-refractivity contribution < 1.29 is 4.79 Å². The highest BCUT2D eigenvalue weighted by Gasteiger charge is 2.28. The second-order valence-electron chi connectivity index (χ2n) is 5.76. The molecule has 2 aromatic rings. The van der Waals surface area contributed by atoms with Crippen molar-refractivity contribution in [2.75, 3.05) is 0 Å². The molecule has 0 aliphatic carbocycles. The van der Waals surface area contributed by atoms with Crippen LogP contribution < -0.4 is 0 Å². The molecule has 1 atom stereocenters. The number of ketones is 1. The summed E-state index contributed by atoms with van der Waals surface area (Å²) < 4.78 is 0. The molecule has 18 heavy (non-hydrogen) atoms. The molecular formula is C16H19NO. The highest BCUT2D eigenvalue weighted by molar-refractivity contribution is 5.90. The summed E-state index contributed by atoms with van der Waals surface area (Å²) in [6, 6.07) is 12.0. The number of pyridine rings is 1. The monoisotopic (exact) mass is 241 g/mol. The van der Waals surface area contributed by atoms with Gasteiger partial charge >= 0.3 is 0 Å². The zero-order valence-electron chi connectivity index (χ0n) is 11.4. The molecule has 0 bridgehead atoms. The lowest BCUT2D eigenvalue weighted by molar-refractivity contribution is -0.127. The first-order chi connectivity index (χ1) is 8.39. The van der Waals surface area contributed by atoms with Crippen molar-refractivity contribution in [1.82, 2.24) is 4.98 Å². The Morgan fingerprint density at radius 2 is 1.78 bits per heavy atom. The lowest BCUT2D eigenvalue weighted by atomic mass is 9.82. The SMILES string of the molecule is CC(C(=O)C(C)(C)C)c1ccc2ccccc2n1. The number of Topliss-reactive ketones (excluding diaryl/α,β-unsaturated/α-hetero) is 1. The summed E-state index contributed by atoms with van der Waals surface area (Å²) in [4.78, 5) is 16.8. The standard InChI is InChI=1S/C16H19NO/c1-11(15(18)16(2,3)4)13-10-9-12-7-5-6-8-14(12)17-13/h5-11H,1-4H3. The predicted molar refractivity (Wildman–Crippen MR) is 74.6 cm³/mol. The van der Waals surface area contributed by atoms with Gasteiger partial charge in [-0.3, -0.25) is 9.78 Å². The number of hydrogen-bond donors (Lipinski definition) is 0. The van der Waals surface area contributed by atoms with Gasteiger partial charge < -0.3 is 0 Å². The van der Waals surface area contributed by atoms with E-state index in [0.29, 0.717) is 0 Å². The molecule has 1 aromatic carbocycles. The van der Waals surface area contributed by atoms with Crippen LogP contribution >= 0.6 is 0 Å². The first-order valence-electron chi connectivity index (χ1n) is 6.29. The Hall–Kier alpha value is -1.70. The van der Waals surface area contributed by atoms with Gasteiger partial charge in [-0.1, -0.05) is 45.0 Å². The molecule has 1 unspecified atom stereocenters. The lowest BCUT2D eigenvalue weighted by Crippen LogP contribution is -2.25. The fourth-order valence-corrected chi connectivity index (χ4v) is 2.11. The molecule has 2 nitrogen and oxygen atoms in total. The van der Waals surface area contributed by atoms with Crippen molar-refractivity contribution in [3.05, 3.63) is 42.1 Å². The van der Waals surface area contributed by atoms with Crippen LogP contribution in [0.4, 0.5) is 0 Å². The molecule has 0 aliphatic rings. The average molecular weight is 241 g/mol. The van der Waals surface area contributed by atoms with Gasteiger partial charge in [0, 0.05) is 10.8 Å². The molecule has 0 saturated heterocycles. The molecule has 0 N–H and O–H groups in total. The summed E-state index contributed by atoms with van der Waals surface area (Å²) in [5, 5.41) is 1.11. The molecule has 2 heteroatoms. The molecule has 1 aromatic heterocycles. The molecule has 0 fully saturated rings. The number of benzene rings is 1. The summed E-state index contributed by atoms with van der Waals surface area (Å²) in [5.74, 6) is 0.0693. The largest absolute Gasteiger partial charge is 0.298 e. The van der Waals surface area contributed by atoms with Gasteiger partial charge in [0.15, 0.2) is 0 Å². The van der Waals surface area contributed by atoms with Gasteiger partial charge in [-0.15, -0.1) is 0 Å². The average Bonchev–Trinajstić information content (AvgIpc) is 2.35. The number of carbonyl (C=O) groups excluding carboxylic acids is 1. The van der Waals surface area contributed by atoms with E-state index in [1.54, 1.807) is 0 Å². The number of rotatable bonds is 2. The normalized spacial score (nSPS) is 13.6. The van der Waals surface area contributed by atoms with Crippen molar-refractivity contribution >= 4 is 16.7 Å². The Balaban J connectivity index is 2.39. The Bertz CT molecular complexity index is 581. The van der Waals surface area contributed by atoms with Crippen LogP contribution in [0.5, 0.6) is 0 Å². The quantitative estimate of drug-likeness (QED) is 0.796. The van der Waals surface area contributed by atoms with Crippen molar-refractivity contribution in [3.8, 4) is 0 Å². The Labute approximate surface area is 108 Å². The van der Waals surface area contributed by atoms with Crippen LogP contribution in [0.15, 0.2) is 36.4 Å². The predicted octanol–water partition coefficient (Wildman–Crippen LogP) is 3.95. The summed E-state index contributed by atoms with van der Waals surface area (Å²) in [6.07, 6.45) is 0. The molecule has 94 valence electrons. The fourth-order valence-electron chi connectivity index (χ4n) is 2.11. The molecule has 0 spiro atoms. The topological polar surface area (TPSA) is 30.0 Å². The summed E-state index contributed by atoms with van der Waals surface area (Å²) in [5.41, 5.74) is 1.48. The van der Waals surface area contributed by atoms with E-state index in [1.807, 2.05) is 64.1 Å². The van der Waals surface area contributed by atoms with E-state index >= 15 is 0 Å². The maximum Gasteiger partial charge on any atom is 0.146 e. The van der Waals surface area contributed by atoms with E-state index in [2.05, 4.69) is 4.98 Å². The molecule has 0 radical (unpaired) electrons. The van der Waals surface area contributed by atoms with Crippen LogP contribution in [0.1, 0.15) is 39.3 Å². The Morgan fingerprint density at radius 3 is 2.44 bits per heavy atom. The highest BCUT2D eigenvalue weighted by Crippen LogP contribution is 2.27. The van der Waals surface area contributed by atoms with E-state index in [1.165, 1.54) is 0 Å². The van der Waals surface area contributed by atoms with Gasteiger partial charge in [0.1, 0.15) is 5.78 Å². The van der Waals surface area contributed by atoms with E-state index in [9.17, 15) is 4.79 Å². The number of nitrogens with zero attached hydrogens (tertiary/aromatic N) is 1. The zero-order chi connectivity index (χ0) is 13.3. The maximum absolute atomic E-state index is 12.3. The van der Waals surface area contributed by atoms with Gasteiger partial charge in [-0.25, -0.2) is 0 Å². The van der Waals surface area contributed by atoms with Gasteiger partial charge in [0.05, 0.1) is 17.1 Å². The summed E-state index contributed by atoms with van der Waals surface area (Å²) in [7, 11) is 0. The van der Waals surface area contributed by atoms with Crippen molar-refractivity contribution in [3.63, 3.8) is 0 Å². The smallest absolute Gasteiger partial charge is 0.146 e. The number of carbonyl (C=O) groups is 1. The summed E-state index contributed by atoms with van der Waals surface area (Å²) in [6.45, 7) is 7.79. The van der Waals surface area contributed by atoms with Gasteiger partial charge in [0.2, 0.25) is 0 Å². The molecule has 0 amide bonds. The van der Waals surface area contributed by atoms with Crippen LogP contribution in [0.25, 0.3) is 10.9 Å². The van der Waals surface area contributed by atoms with Gasteiger partial charge in [-0.2, -0.15) is 0 Å². The van der Waals surface area contributed by atoms with E-state index in [0.717, 1.165) is 16.6 Å². The third-order valence-corrected chi connectivity index (χ3v) is 3.20. The maximum atomic E-state index is 12.3. The second-order valence-corrected chi connectivity index (χ2v) is 5.76. The van der Waals surface area contributed by atoms with E-state index in [4.69, 9.17) is 0 Å². The summed E-state index contributed by atoms with van der Waals surface area (Å²) >= 11 is 0. The minimum Gasteiger partial charge on any atom is -0.298 e. The zero-order valence-corrected chi connectivity index (χ0v) is 11.4. The van der Waals surface area contributed by atoms with Crippen molar-refractivity contribution in [2.24, 2.45) is 5.41 Å². The molecule has 2 rings (SSSR count). The minimum absolute atomic E-state index is 0.158. The molecule has 0 aliphatic heterocycles. The van der Waals surface area contributed by atoms with Crippen LogP contribution in [0.2, 0.25) is 0 Å². The van der Waals surface area contributed by atoms with Crippen LogP contribution in [0, 0.1) is 5.41 Å². The van der Waals surface area contributed by atoms with Crippen LogP contribution in [-0.4, -0.2) is 10.8 Å². The van der Waals surface area contributed by atoms with Crippen LogP contribution in [-0.2, 0) is 4.79 Å². The third kappa shape index (κ3) is 2.42. The van der Waals surface area contributed by atoms with Gasteiger partial charge in [0.25, 0.3) is 0 Å². The van der Waals surface area contributed by atoms with Crippen molar-refractivity contribution in [2.45, 2.75) is 33.6 Å². The number of aromatic nitrogens is 1. The second kappa shape index (κ2) is 4.52. The first kappa shape index (κ1) is 12.7. The minimum atomic E-state index is -0.327. The number of para-hydroxylation sites is 1. The fraction of sp³-hybridized carbons (Fsp3) is 0.375. The van der Waals surface area contributed by atoms with Crippen molar-refractivity contribution in [1.29, 1.82) is 0 Å². The number of fused-ring (bicyclic) bond motifs is 1. The van der Waals surface area contributed by atoms with Crippen LogP contribution in [0.3, 0.4) is 0 Å². The first-order valence-corrected chi connectivity index (χ1v) is 6.29. The molecular weight excluding hydrogens is 222 g/mol.